The van der Waals surface area contributed by atoms with Crippen molar-refractivity contribution in [2.24, 2.45) is 21.8 Å². The van der Waals surface area contributed by atoms with Gasteiger partial charge in [0.1, 0.15) is 6.33 Å². The van der Waals surface area contributed by atoms with E-state index in [0.717, 1.165) is 29.5 Å². The molecule has 26 heavy (non-hydrogen) atoms. The van der Waals surface area contributed by atoms with Crippen molar-refractivity contribution < 1.29 is 9.53 Å². The summed E-state index contributed by atoms with van der Waals surface area (Å²) in [5, 5.41) is 5.24. The molecule has 6 heteroatoms. The summed E-state index contributed by atoms with van der Waals surface area (Å²) in [4.78, 5) is 20.5. The van der Waals surface area contributed by atoms with Crippen molar-refractivity contribution in [2.45, 2.75) is 40.0 Å². The number of hydrazone groups is 1. The maximum absolute atomic E-state index is 12.2. The number of amides is 1. The van der Waals surface area contributed by atoms with Crippen LogP contribution >= 0.6 is 0 Å². The molecule has 2 aliphatic rings. The number of ether oxygens (including phenoxy) is 1. The predicted molar refractivity (Wildman–Crippen MR) is 99.8 cm³/mol. The first-order valence-electron chi connectivity index (χ1n) is 9.10. The van der Waals surface area contributed by atoms with Crippen LogP contribution < -0.4 is 10.2 Å². The second-order valence-corrected chi connectivity index (χ2v) is 8.07. The van der Waals surface area contributed by atoms with Crippen molar-refractivity contribution >= 4 is 22.5 Å². The highest BCUT2D eigenvalue weighted by molar-refractivity contribution is 5.95. The number of carbonyl (C=O) groups is 1. The van der Waals surface area contributed by atoms with E-state index in [4.69, 9.17) is 4.74 Å². The zero-order valence-corrected chi connectivity index (χ0v) is 15.5. The van der Waals surface area contributed by atoms with Gasteiger partial charge in [-0.05, 0) is 42.7 Å². The molecule has 1 N–H and O–H groups in total. The number of carbonyl (C=O) groups excluding carboxylic acids is 1. The third-order valence-corrected chi connectivity index (χ3v) is 6.67. The van der Waals surface area contributed by atoms with Crippen LogP contribution in [-0.4, -0.2) is 28.2 Å². The summed E-state index contributed by atoms with van der Waals surface area (Å²) < 4.78 is 5.59. The van der Waals surface area contributed by atoms with Crippen molar-refractivity contribution in [1.29, 1.82) is 0 Å². The number of nitrogens with one attached hydrogen (secondary N) is 1. The Kier molecular flexibility index (Phi) is 3.93. The second-order valence-electron chi connectivity index (χ2n) is 8.07. The standard InChI is InChI=1S/C20H24N4O2/c1-19(2)13-8-9-20(19,3)16(10-13)23-24-17(25)11-26-18-14-6-4-5-7-15(14)21-12-22-18/h4-7,12-13H,8-11H2,1-3H3,(H,24,25)/b23-16-. The number of para-hydroxylation sites is 1. The van der Waals surface area contributed by atoms with E-state index < -0.39 is 0 Å². The minimum atomic E-state index is -0.274. The molecule has 2 unspecified atom stereocenters. The third kappa shape index (κ3) is 2.55. The Morgan fingerprint density at radius 1 is 1.31 bits per heavy atom. The van der Waals surface area contributed by atoms with Gasteiger partial charge in [0, 0.05) is 11.1 Å². The molecule has 0 aliphatic heterocycles. The van der Waals surface area contributed by atoms with Crippen LogP contribution in [0.15, 0.2) is 35.7 Å². The molecule has 0 radical (unpaired) electrons. The number of nitrogens with zero attached hydrogens (tertiary/aromatic N) is 3. The molecule has 4 rings (SSSR count). The summed E-state index contributed by atoms with van der Waals surface area (Å²) in [7, 11) is 0. The van der Waals surface area contributed by atoms with Gasteiger partial charge in [0.05, 0.1) is 10.9 Å². The van der Waals surface area contributed by atoms with Crippen molar-refractivity contribution in [1.82, 2.24) is 15.4 Å². The molecule has 1 heterocycles. The van der Waals surface area contributed by atoms with Gasteiger partial charge in [-0.1, -0.05) is 32.9 Å². The van der Waals surface area contributed by atoms with Crippen molar-refractivity contribution in [3.63, 3.8) is 0 Å². The lowest BCUT2D eigenvalue weighted by atomic mass is 9.70. The van der Waals surface area contributed by atoms with Crippen molar-refractivity contribution in [3.05, 3.63) is 30.6 Å². The Morgan fingerprint density at radius 3 is 2.85 bits per heavy atom. The summed E-state index contributed by atoms with van der Waals surface area (Å²) in [6.07, 6.45) is 4.80. The van der Waals surface area contributed by atoms with Crippen LogP contribution in [0.25, 0.3) is 10.9 Å². The van der Waals surface area contributed by atoms with Gasteiger partial charge in [-0.15, -0.1) is 0 Å². The molecule has 0 spiro atoms. The van der Waals surface area contributed by atoms with Gasteiger partial charge in [0.2, 0.25) is 5.88 Å². The minimum absolute atomic E-state index is 0.0780. The van der Waals surface area contributed by atoms with Crippen LogP contribution in [0.5, 0.6) is 5.88 Å². The second kappa shape index (κ2) is 6.04. The molecule has 6 nitrogen and oxygen atoms in total. The van der Waals surface area contributed by atoms with Crippen LogP contribution in [0.4, 0.5) is 0 Å². The summed E-state index contributed by atoms with van der Waals surface area (Å²) >= 11 is 0. The maximum atomic E-state index is 12.2. The molecule has 136 valence electrons. The highest BCUT2D eigenvalue weighted by Crippen LogP contribution is 2.63. The first-order chi connectivity index (χ1) is 12.4. The van der Waals surface area contributed by atoms with Crippen molar-refractivity contribution in [2.75, 3.05) is 6.61 Å². The fourth-order valence-electron chi connectivity index (χ4n) is 4.49. The Labute approximate surface area is 153 Å². The Morgan fingerprint density at radius 2 is 2.12 bits per heavy atom. The SMILES string of the molecule is CC12CCC(C/C1=N/NC(=O)COc1ncnc3ccccc13)C2(C)C. The highest BCUT2D eigenvalue weighted by atomic mass is 16.5. The zero-order valence-electron chi connectivity index (χ0n) is 15.5. The molecular weight excluding hydrogens is 328 g/mol. The van der Waals surface area contributed by atoms with Crippen LogP contribution in [-0.2, 0) is 4.79 Å². The Bertz CT molecular complexity index is 887. The van der Waals surface area contributed by atoms with E-state index in [0.29, 0.717) is 11.8 Å². The minimum Gasteiger partial charge on any atom is -0.467 e. The highest BCUT2D eigenvalue weighted by Gasteiger charge is 2.59. The Hall–Kier alpha value is -2.50. The summed E-state index contributed by atoms with van der Waals surface area (Å²) in [5.74, 6) is 0.794. The van der Waals surface area contributed by atoms with Crippen LogP contribution in [0, 0.1) is 16.7 Å². The number of aromatic nitrogens is 2. The van der Waals surface area contributed by atoms with E-state index in [9.17, 15) is 4.79 Å². The monoisotopic (exact) mass is 352 g/mol. The number of benzene rings is 1. The first-order valence-corrected chi connectivity index (χ1v) is 9.10. The fourth-order valence-corrected chi connectivity index (χ4v) is 4.49. The molecule has 1 aromatic carbocycles. The van der Waals surface area contributed by atoms with E-state index in [1.54, 1.807) is 0 Å². The summed E-state index contributed by atoms with van der Waals surface area (Å²) in [6, 6.07) is 7.55. The fraction of sp³-hybridized carbons (Fsp3) is 0.500. The van der Waals surface area contributed by atoms with Crippen molar-refractivity contribution in [3.8, 4) is 5.88 Å². The van der Waals surface area contributed by atoms with E-state index in [1.807, 2.05) is 24.3 Å². The molecule has 0 saturated heterocycles. The predicted octanol–water partition coefficient (Wildman–Crippen LogP) is 3.33. The zero-order chi connectivity index (χ0) is 18.4. The normalized spacial score (nSPS) is 27.8. The molecule has 2 saturated carbocycles. The lowest BCUT2D eigenvalue weighted by Crippen LogP contribution is -2.35. The summed E-state index contributed by atoms with van der Waals surface area (Å²) in [6.45, 7) is 6.78. The largest absolute Gasteiger partial charge is 0.467 e. The van der Waals surface area contributed by atoms with Gasteiger partial charge in [-0.3, -0.25) is 4.79 Å². The molecule has 2 aliphatic carbocycles. The molecule has 1 amide bonds. The van der Waals surface area contributed by atoms with Gasteiger partial charge in [-0.2, -0.15) is 5.10 Å². The van der Waals surface area contributed by atoms with Crippen LogP contribution in [0.3, 0.4) is 0 Å². The quantitative estimate of drug-likeness (QED) is 0.856. The first kappa shape index (κ1) is 16.9. The lowest BCUT2D eigenvalue weighted by Gasteiger charge is -2.34. The van der Waals surface area contributed by atoms with Gasteiger partial charge in [0.15, 0.2) is 6.61 Å². The third-order valence-electron chi connectivity index (χ3n) is 6.67. The molecule has 2 fully saturated rings. The average Bonchev–Trinajstić information content (AvgIpc) is 2.98. The van der Waals surface area contributed by atoms with Gasteiger partial charge >= 0.3 is 0 Å². The number of hydrogen-bond donors (Lipinski definition) is 1. The number of fused-ring (bicyclic) bond motifs is 3. The van der Waals surface area contributed by atoms with Crippen LogP contribution in [0.1, 0.15) is 40.0 Å². The number of rotatable bonds is 4. The average molecular weight is 352 g/mol. The van der Waals surface area contributed by atoms with E-state index >= 15 is 0 Å². The maximum Gasteiger partial charge on any atom is 0.278 e. The van der Waals surface area contributed by atoms with Gasteiger partial charge in [0.25, 0.3) is 5.91 Å². The Balaban J connectivity index is 1.41. The molecule has 1 aromatic heterocycles. The molecular formula is C20H24N4O2. The van der Waals surface area contributed by atoms with E-state index in [1.165, 1.54) is 12.7 Å². The summed E-state index contributed by atoms with van der Waals surface area (Å²) in [5.41, 5.74) is 4.89. The molecule has 2 bridgehead atoms. The van der Waals surface area contributed by atoms with E-state index in [-0.39, 0.29) is 23.3 Å². The van der Waals surface area contributed by atoms with E-state index in [2.05, 4.69) is 41.3 Å². The molecule has 2 aromatic rings. The van der Waals surface area contributed by atoms with Gasteiger partial charge < -0.3 is 4.74 Å². The smallest absolute Gasteiger partial charge is 0.278 e. The lowest BCUT2D eigenvalue weighted by molar-refractivity contribution is -0.123. The number of hydrogen-bond acceptors (Lipinski definition) is 5. The topological polar surface area (TPSA) is 76.5 Å². The van der Waals surface area contributed by atoms with Gasteiger partial charge in [-0.25, -0.2) is 15.4 Å². The van der Waals surface area contributed by atoms with Crippen LogP contribution in [0.2, 0.25) is 0 Å². The molecule has 2 atom stereocenters.